The Bertz CT molecular complexity index is 474. The van der Waals surface area contributed by atoms with Crippen LogP contribution in [0.5, 0.6) is 5.75 Å². The molecule has 0 atom stereocenters. The van der Waals surface area contributed by atoms with E-state index in [4.69, 9.17) is 4.74 Å². The molecular formula is C14H16N2O. The standard InChI is InChI=1S/C14H16N2O/c1-2-3-9-17-14-10-15-16(12-14)11-13-7-5-4-6-8-13/h2-8,10,12H,9,11H2,1H3/b3-2+. The van der Waals surface area contributed by atoms with Gasteiger partial charge in [-0.1, -0.05) is 42.5 Å². The molecule has 0 amide bonds. The van der Waals surface area contributed by atoms with Crippen LogP contribution >= 0.6 is 0 Å². The average Bonchev–Trinajstić information content (AvgIpc) is 2.79. The maximum atomic E-state index is 5.49. The van der Waals surface area contributed by atoms with Crippen LogP contribution < -0.4 is 4.74 Å². The Morgan fingerprint density at radius 2 is 2.12 bits per heavy atom. The van der Waals surface area contributed by atoms with Crippen LogP contribution in [0.3, 0.4) is 0 Å². The molecule has 0 unspecified atom stereocenters. The lowest BCUT2D eigenvalue weighted by Crippen LogP contribution is -1.99. The van der Waals surface area contributed by atoms with Crippen molar-refractivity contribution in [2.45, 2.75) is 13.5 Å². The van der Waals surface area contributed by atoms with Gasteiger partial charge in [0.25, 0.3) is 0 Å². The zero-order chi connectivity index (χ0) is 11.9. The van der Waals surface area contributed by atoms with E-state index in [0.29, 0.717) is 6.61 Å². The molecule has 1 aromatic heterocycles. The van der Waals surface area contributed by atoms with Crippen molar-refractivity contribution >= 4 is 0 Å². The normalized spacial score (nSPS) is 10.9. The molecule has 2 rings (SSSR count). The van der Waals surface area contributed by atoms with Gasteiger partial charge in [-0.15, -0.1) is 0 Å². The van der Waals surface area contributed by atoms with Crippen LogP contribution in [0.4, 0.5) is 0 Å². The lowest BCUT2D eigenvalue weighted by Gasteiger charge is -2.01. The quantitative estimate of drug-likeness (QED) is 0.736. The molecule has 3 heteroatoms. The summed E-state index contributed by atoms with van der Waals surface area (Å²) in [5.41, 5.74) is 1.23. The Labute approximate surface area is 101 Å². The van der Waals surface area contributed by atoms with Crippen molar-refractivity contribution in [1.29, 1.82) is 0 Å². The molecular weight excluding hydrogens is 212 g/mol. The summed E-state index contributed by atoms with van der Waals surface area (Å²) < 4.78 is 7.37. The van der Waals surface area contributed by atoms with Gasteiger partial charge in [0.1, 0.15) is 6.61 Å². The maximum absolute atomic E-state index is 5.49. The summed E-state index contributed by atoms with van der Waals surface area (Å²) in [6.45, 7) is 3.34. The lowest BCUT2D eigenvalue weighted by atomic mass is 10.2. The summed E-state index contributed by atoms with van der Waals surface area (Å²) in [6.07, 6.45) is 7.59. The van der Waals surface area contributed by atoms with Crippen molar-refractivity contribution in [2.24, 2.45) is 0 Å². The molecule has 0 bridgehead atoms. The lowest BCUT2D eigenvalue weighted by molar-refractivity contribution is 0.362. The van der Waals surface area contributed by atoms with Crippen molar-refractivity contribution in [3.63, 3.8) is 0 Å². The van der Waals surface area contributed by atoms with Crippen molar-refractivity contribution in [3.8, 4) is 5.75 Å². The second-order valence-electron chi connectivity index (χ2n) is 3.74. The van der Waals surface area contributed by atoms with Gasteiger partial charge in [-0.2, -0.15) is 5.10 Å². The summed E-state index contributed by atoms with van der Waals surface area (Å²) in [4.78, 5) is 0. The van der Waals surface area contributed by atoms with Crippen LogP contribution in [0.2, 0.25) is 0 Å². The van der Waals surface area contributed by atoms with Crippen molar-refractivity contribution in [3.05, 3.63) is 60.4 Å². The van der Waals surface area contributed by atoms with Gasteiger partial charge < -0.3 is 4.74 Å². The van der Waals surface area contributed by atoms with Gasteiger partial charge in [-0.05, 0) is 12.5 Å². The number of aromatic nitrogens is 2. The Kier molecular flexibility index (Phi) is 3.97. The highest BCUT2D eigenvalue weighted by Gasteiger charge is 1.99. The van der Waals surface area contributed by atoms with Crippen LogP contribution in [-0.2, 0) is 6.54 Å². The first kappa shape index (κ1) is 11.5. The summed E-state index contributed by atoms with van der Waals surface area (Å²) >= 11 is 0. The highest BCUT2D eigenvalue weighted by atomic mass is 16.5. The van der Waals surface area contributed by atoms with Gasteiger partial charge in [0, 0.05) is 0 Å². The minimum absolute atomic E-state index is 0.591. The fourth-order valence-electron chi connectivity index (χ4n) is 1.52. The number of allylic oxidation sites excluding steroid dienone is 1. The smallest absolute Gasteiger partial charge is 0.157 e. The molecule has 0 aliphatic carbocycles. The Morgan fingerprint density at radius 3 is 2.88 bits per heavy atom. The van der Waals surface area contributed by atoms with Gasteiger partial charge in [0.05, 0.1) is 18.9 Å². The SMILES string of the molecule is C/C=C/COc1cnn(Cc2ccccc2)c1. The molecule has 2 aromatic rings. The Balaban J connectivity index is 1.94. The fourth-order valence-corrected chi connectivity index (χ4v) is 1.52. The topological polar surface area (TPSA) is 27.1 Å². The molecule has 0 fully saturated rings. The number of rotatable bonds is 5. The molecule has 0 saturated heterocycles. The highest BCUT2D eigenvalue weighted by Crippen LogP contribution is 2.10. The van der Waals surface area contributed by atoms with Crippen LogP contribution in [0.1, 0.15) is 12.5 Å². The second kappa shape index (κ2) is 5.89. The van der Waals surface area contributed by atoms with Gasteiger partial charge in [0.15, 0.2) is 5.75 Å². The third-order valence-electron chi connectivity index (χ3n) is 2.38. The van der Waals surface area contributed by atoms with E-state index in [1.165, 1.54) is 5.56 Å². The Hall–Kier alpha value is -2.03. The molecule has 1 heterocycles. The van der Waals surface area contributed by atoms with Crippen LogP contribution in [0.25, 0.3) is 0 Å². The maximum Gasteiger partial charge on any atom is 0.157 e. The third-order valence-corrected chi connectivity index (χ3v) is 2.38. The van der Waals surface area contributed by atoms with Crippen LogP contribution in [-0.4, -0.2) is 16.4 Å². The van der Waals surface area contributed by atoms with E-state index < -0.39 is 0 Å². The summed E-state index contributed by atoms with van der Waals surface area (Å²) in [5, 5.41) is 4.26. The first-order chi connectivity index (χ1) is 8.38. The first-order valence-corrected chi connectivity index (χ1v) is 5.69. The van der Waals surface area contributed by atoms with Gasteiger partial charge in [-0.25, -0.2) is 0 Å². The molecule has 0 saturated carbocycles. The first-order valence-electron chi connectivity index (χ1n) is 5.69. The van der Waals surface area contributed by atoms with Gasteiger partial charge in [0.2, 0.25) is 0 Å². The predicted molar refractivity (Wildman–Crippen MR) is 68.1 cm³/mol. The molecule has 3 nitrogen and oxygen atoms in total. The van der Waals surface area contributed by atoms with Crippen LogP contribution in [0, 0.1) is 0 Å². The summed E-state index contributed by atoms with van der Waals surface area (Å²) in [7, 11) is 0. The molecule has 0 radical (unpaired) electrons. The van der Waals surface area contributed by atoms with E-state index in [2.05, 4.69) is 17.2 Å². The van der Waals surface area contributed by atoms with E-state index in [9.17, 15) is 0 Å². The van der Waals surface area contributed by atoms with Crippen LogP contribution in [0.15, 0.2) is 54.9 Å². The number of ether oxygens (including phenoxy) is 1. The molecule has 88 valence electrons. The third kappa shape index (κ3) is 3.48. The zero-order valence-electron chi connectivity index (χ0n) is 9.91. The van der Waals surface area contributed by atoms with Gasteiger partial charge in [-0.3, -0.25) is 4.68 Å². The molecule has 1 aromatic carbocycles. The van der Waals surface area contributed by atoms with Crippen molar-refractivity contribution in [1.82, 2.24) is 9.78 Å². The Morgan fingerprint density at radius 1 is 1.29 bits per heavy atom. The number of benzene rings is 1. The zero-order valence-corrected chi connectivity index (χ0v) is 9.91. The predicted octanol–water partition coefficient (Wildman–Crippen LogP) is 2.89. The van der Waals surface area contributed by atoms with E-state index >= 15 is 0 Å². The highest BCUT2D eigenvalue weighted by molar-refractivity contribution is 5.17. The molecule has 0 N–H and O–H groups in total. The molecule has 0 aliphatic heterocycles. The van der Waals surface area contributed by atoms with Crippen molar-refractivity contribution in [2.75, 3.05) is 6.61 Å². The molecule has 0 aliphatic rings. The number of hydrogen-bond donors (Lipinski definition) is 0. The van der Waals surface area contributed by atoms with E-state index in [-0.39, 0.29) is 0 Å². The monoisotopic (exact) mass is 228 g/mol. The largest absolute Gasteiger partial charge is 0.486 e. The summed E-state index contributed by atoms with van der Waals surface area (Å²) in [5.74, 6) is 0.805. The second-order valence-corrected chi connectivity index (χ2v) is 3.74. The number of nitrogens with zero attached hydrogens (tertiary/aromatic N) is 2. The van der Waals surface area contributed by atoms with E-state index in [1.54, 1.807) is 6.20 Å². The molecule has 0 spiro atoms. The van der Waals surface area contributed by atoms with E-state index in [1.807, 2.05) is 48.2 Å². The molecule has 17 heavy (non-hydrogen) atoms. The van der Waals surface area contributed by atoms with E-state index in [0.717, 1.165) is 12.3 Å². The number of hydrogen-bond acceptors (Lipinski definition) is 2. The van der Waals surface area contributed by atoms with Gasteiger partial charge >= 0.3 is 0 Å². The summed E-state index contributed by atoms with van der Waals surface area (Å²) in [6, 6.07) is 10.2. The van der Waals surface area contributed by atoms with Crippen molar-refractivity contribution < 1.29 is 4.74 Å². The minimum atomic E-state index is 0.591. The average molecular weight is 228 g/mol. The fraction of sp³-hybridized carbons (Fsp3) is 0.214. The minimum Gasteiger partial charge on any atom is -0.486 e.